The lowest BCUT2D eigenvalue weighted by atomic mass is 9.69. The molecule has 4 nitrogen and oxygen atoms in total. The van der Waals surface area contributed by atoms with Gasteiger partial charge < -0.3 is 10.0 Å². The van der Waals surface area contributed by atoms with Gasteiger partial charge in [-0.05, 0) is 45.3 Å². The first-order chi connectivity index (χ1) is 10.5. The molecule has 0 amide bonds. The van der Waals surface area contributed by atoms with Crippen LogP contribution in [-0.2, 0) is 11.3 Å². The second-order valence-corrected chi connectivity index (χ2v) is 7.05. The van der Waals surface area contributed by atoms with Crippen LogP contribution in [0.3, 0.4) is 0 Å². The fourth-order valence-corrected chi connectivity index (χ4v) is 4.37. The minimum atomic E-state index is -0.613. The quantitative estimate of drug-likeness (QED) is 0.931. The molecule has 2 heterocycles. The highest BCUT2D eigenvalue weighted by atomic mass is 16.4. The highest BCUT2D eigenvalue weighted by Crippen LogP contribution is 2.41. The third kappa shape index (κ3) is 2.77. The van der Waals surface area contributed by atoms with Crippen molar-refractivity contribution in [3.63, 3.8) is 0 Å². The van der Waals surface area contributed by atoms with Crippen molar-refractivity contribution in [1.29, 1.82) is 0 Å². The van der Waals surface area contributed by atoms with Crippen LogP contribution in [0.15, 0.2) is 24.3 Å². The molecule has 1 aromatic carbocycles. The van der Waals surface area contributed by atoms with E-state index in [4.69, 9.17) is 0 Å². The standard InChI is InChI=1S/C18H26N2O2/c1-14-5-3-6-15(11-14)12-20-10-7-16-18(13-20,17(21)22)8-4-9-19(16)2/h3,5-6,11,16H,4,7-10,12-13H2,1-2H3,(H,21,22)/t16-,18+/m1/s1. The van der Waals surface area contributed by atoms with E-state index >= 15 is 0 Å². The van der Waals surface area contributed by atoms with E-state index in [0.29, 0.717) is 6.54 Å². The van der Waals surface area contributed by atoms with Gasteiger partial charge in [-0.25, -0.2) is 0 Å². The SMILES string of the molecule is Cc1cccc(CN2CC[C@H]3N(C)CCC[C@]3(C(=O)O)C2)c1. The smallest absolute Gasteiger partial charge is 0.312 e. The molecule has 0 radical (unpaired) electrons. The average molecular weight is 302 g/mol. The van der Waals surface area contributed by atoms with E-state index in [1.54, 1.807) is 0 Å². The number of hydrogen-bond donors (Lipinski definition) is 1. The molecule has 2 saturated heterocycles. The summed E-state index contributed by atoms with van der Waals surface area (Å²) in [5.74, 6) is -0.613. The van der Waals surface area contributed by atoms with Crippen molar-refractivity contribution in [3.05, 3.63) is 35.4 Å². The molecule has 2 atom stereocenters. The van der Waals surface area contributed by atoms with Crippen LogP contribution in [0.2, 0.25) is 0 Å². The molecule has 4 heteroatoms. The van der Waals surface area contributed by atoms with E-state index < -0.39 is 11.4 Å². The summed E-state index contributed by atoms with van der Waals surface area (Å²) in [4.78, 5) is 16.7. The number of carboxylic acid groups (broad SMARTS) is 1. The first kappa shape index (κ1) is 15.5. The minimum absolute atomic E-state index is 0.188. The second kappa shape index (κ2) is 6.01. The van der Waals surface area contributed by atoms with Crippen LogP contribution < -0.4 is 0 Å². The maximum Gasteiger partial charge on any atom is 0.312 e. The van der Waals surface area contributed by atoms with E-state index in [0.717, 1.165) is 38.9 Å². The number of carboxylic acids is 1. The molecule has 0 aliphatic carbocycles. The van der Waals surface area contributed by atoms with E-state index in [9.17, 15) is 9.90 Å². The average Bonchev–Trinajstić information content (AvgIpc) is 2.47. The number of aliphatic carboxylic acids is 1. The Morgan fingerprint density at radius 2 is 2.23 bits per heavy atom. The van der Waals surface area contributed by atoms with Gasteiger partial charge in [0, 0.05) is 25.7 Å². The first-order valence-corrected chi connectivity index (χ1v) is 8.23. The first-order valence-electron chi connectivity index (χ1n) is 8.23. The molecule has 3 rings (SSSR count). The predicted molar refractivity (Wildman–Crippen MR) is 86.8 cm³/mol. The van der Waals surface area contributed by atoms with Gasteiger partial charge in [-0.1, -0.05) is 29.8 Å². The van der Waals surface area contributed by atoms with E-state index in [2.05, 4.69) is 48.0 Å². The summed E-state index contributed by atoms with van der Waals surface area (Å²) in [7, 11) is 2.08. The molecule has 0 unspecified atom stereocenters. The fraction of sp³-hybridized carbons (Fsp3) is 0.611. The van der Waals surface area contributed by atoms with Crippen molar-refractivity contribution in [2.45, 2.75) is 38.8 Å². The number of benzene rings is 1. The summed E-state index contributed by atoms with van der Waals surface area (Å²) in [6, 6.07) is 8.71. The van der Waals surface area contributed by atoms with Crippen LogP contribution in [0.1, 0.15) is 30.4 Å². The monoisotopic (exact) mass is 302 g/mol. The lowest BCUT2D eigenvalue weighted by Crippen LogP contribution is -2.63. The van der Waals surface area contributed by atoms with Gasteiger partial charge in [-0.3, -0.25) is 9.69 Å². The Morgan fingerprint density at radius 3 is 2.95 bits per heavy atom. The summed E-state index contributed by atoms with van der Waals surface area (Å²) in [5, 5.41) is 9.92. The Hall–Kier alpha value is -1.39. The van der Waals surface area contributed by atoms with Crippen LogP contribution in [0.5, 0.6) is 0 Å². The van der Waals surface area contributed by atoms with Crippen LogP contribution >= 0.6 is 0 Å². The molecule has 0 spiro atoms. The van der Waals surface area contributed by atoms with Crippen molar-refractivity contribution < 1.29 is 9.90 Å². The summed E-state index contributed by atoms with van der Waals surface area (Å²) >= 11 is 0. The Bertz CT molecular complexity index is 560. The van der Waals surface area contributed by atoms with Crippen molar-refractivity contribution in [1.82, 2.24) is 9.80 Å². The van der Waals surface area contributed by atoms with E-state index in [1.807, 2.05) is 0 Å². The van der Waals surface area contributed by atoms with Crippen LogP contribution in [0.25, 0.3) is 0 Å². The van der Waals surface area contributed by atoms with Crippen molar-refractivity contribution in [2.75, 3.05) is 26.7 Å². The van der Waals surface area contributed by atoms with Crippen molar-refractivity contribution in [3.8, 4) is 0 Å². The number of likely N-dealkylation sites (tertiary alicyclic amines) is 2. The third-order valence-corrected chi connectivity index (χ3v) is 5.44. The zero-order chi connectivity index (χ0) is 15.7. The normalized spacial score (nSPS) is 30.0. The Labute approximate surface area is 132 Å². The molecule has 0 saturated carbocycles. The van der Waals surface area contributed by atoms with Gasteiger partial charge in [-0.2, -0.15) is 0 Å². The number of piperidine rings is 2. The van der Waals surface area contributed by atoms with E-state index in [-0.39, 0.29) is 6.04 Å². The maximum atomic E-state index is 12.1. The number of rotatable bonds is 3. The molecule has 120 valence electrons. The van der Waals surface area contributed by atoms with Gasteiger partial charge in [0.05, 0.1) is 5.41 Å². The topological polar surface area (TPSA) is 43.8 Å². The molecule has 0 aromatic heterocycles. The molecular weight excluding hydrogens is 276 g/mol. The van der Waals surface area contributed by atoms with Crippen molar-refractivity contribution >= 4 is 5.97 Å². The fourth-order valence-electron chi connectivity index (χ4n) is 4.37. The van der Waals surface area contributed by atoms with Crippen LogP contribution in [0, 0.1) is 12.3 Å². The Kier molecular flexibility index (Phi) is 4.24. The maximum absolute atomic E-state index is 12.1. The molecule has 2 aliphatic rings. The molecule has 22 heavy (non-hydrogen) atoms. The molecule has 2 fully saturated rings. The molecule has 0 bridgehead atoms. The zero-order valence-corrected chi connectivity index (χ0v) is 13.6. The number of carbonyl (C=O) groups is 1. The minimum Gasteiger partial charge on any atom is -0.481 e. The lowest BCUT2D eigenvalue weighted by Gasteiger charge is -2.52. The number of hydrogen-bond acceptors (Lipinski definition) is 3. The molecule has 1 N–H and O–H groups in total. The highest BCUT2D eigenvalue weighted by Gasteiger charge is 2.52. The molecule has 2 aliphatic heterocycles. The van der Waals surface area contributed by atoms with E-state index in [1.165, 1.54) is 11.1 Å². The van der Waals surface area contributed by atoms with Gasteiger partial charge in [-0.15, -0.1) is 0 Å². The van der Waals surface area contributed by atoms with Crippen LogP contribution in [-0.4, -0.2) is 53.6 Å². The Balaban J connectivity index is 1.78. The summed E-state index contributed by atoms with van der Waals surface area (Å²) in [6.07, 6.45) is 2.74. The number of aryl methyl sites for hydroxylation is 1. The third-order valence-electron chi connectivity index (χ3n) is 5.44. The van der Waals surface area contributed by atoms with Gasteiger partial charge in [0.15, 0.2) is 0 Å². The summed E-state index contributed by atoms with van der Waals surface area (Å²) in [5.41, 5.74) is 1.95. The second-order valence-electron chi connectivity index (χ2n) is 7.05. The Morgan fingerprint density at radius 1 is 1.41 bits per heavy atom. The van der Waals surface area contributed by atoms with Crippen LogP contribution in [0.4, 0.5) is 0 Å². The predicted octanol–water partition coefficient (Wildman–Crippen LogP) is 2.37. The highest BCUT2D eigenvalue weighted by molar-refractivity contribution is 5.76. The summed E-state index contributed by atoms with van der Waals surface area (Å²) < 4.78 is 0. The molecule has 1 aromatic rings. The number of fused-ring (bicyclic) bond motifs is 1. The van der Waals surface area contributed by atoms with Crippen molar-refractivity contribution in [2.24, 2.45) is 5.41 Å². The summed E-state index contributed by atoms with van der Waals surface area (Å²) in [6.45, 7) is 5.64. The lowest BCUT2D eigenvalue weighted by molar-refractivity contribution is -0.163. The molecular formula is C18H26N2O2. The number of nitrogens with zero attached hydrogens (tertiary/aromatic N) is 2. The van der Waals surface area contributed by atoms with Gasteiger partial charge in [0.2, 0.25) is 0 Å². The van der Waals surface area contributed by atoms with Gasteiger partial charge >= 0.3 is 5.97 Å². The van der Waals surface area contributed by atoms with Gasteiger partial charge in [0.1, 0.15) is 0 Å². The zero-order valence-electron chi connectivity index (χ0n) is 13.6. The van der Waals surface area contributed by atoms with Gasteiger partial charge in [0.25, 0.3) is 0 Å². The largest absolute Gasteiger partial charge is 0.481 e.